The quantitative estimate of drug-likeness (QED) is 0.294. The molecule has 164 valence electrons. The van der Waals surface area contributed by atoms with Crippen molar-refractivity contribution in [1.29, 1.82) is 0 Å². The molecular weight excluding hydrogens is 420 g/mol. The minimum absolute atomic E-state index is 0.124. The Bertz CT molecular complexity index is 1260. The summed E-state index contributed by atoms with van der Waals surface area (Å²) in [6, 6.07) is 20.8. The average Bonchev–Trinajstić information content (AvgIpc) is 3.21. The molecule has 0 bridgehead atoms. The number of aromatic nitrogens is 1. The first-order chi connectivity index (χ1) is 15.5. The highest BCUT2D eigenvalue weighted by Gasteiger charge is 2.30. The number of hydrogen-bond acceptors (Lipinski definition) is 3. The van der Waals surface area contributed by atoms with Crippen LogP contribution >= 0.6 is 12.6 Å². The highest BCUT2D eigenvalue weighted by molar-refractivity contribution is 7.80. The summed E-state index contributed by atoms with van der Waals surface area (Å²) in [5.41, 5.74) is 2.86. The summed E-state index contributed by atoms with van der Waals surface area (Å²) < 4.78 is 0. The van der Waals surface area contributed by atoms with Crippen LogP contribution < -0.4 is 5.32 Å². The van der Waals surface area contributed by atoms with E-state index < -0.39 is 17.9 Å². The van der Waals surface area contributed by atoms with Crippen LogP contribution in [0, 0.1) is 5.92 Å². The second kappa shape index (κ2) is 9.49. The number of fused-ring (bicyclic) bond motifs is 2. The van der Waals surface area contributed by atoms with E-state index in [0.29, 0.717) is 5.75 Å². The fourth-order valence-electron chi connectivity index (χ4n) is 4.33. The van der Waals surface area contributed by atoms with Gasteiger partial charge in [-0.25, -0.2) is 4.79 Å². The summed E-state index contributed by atoms with van der Waals surface area (Å²) >= 11 is 4.44. The molecule has 0 fully saturated rings. The van der Waals surface area contributed by atoms with Crippen LogP contribution in [0.2, 0.25) is 0 Å². The maximum absolute atomic E-state index is 13.2. The van der Waals surface area contributed by atoms with Gasteiger partial charge in [-0.3, -0.25) is 4.79 Å². The van der Waals surface area contributed by atoms with Crippen molar-refractivity contribution in [1.82, 2.24) is 10.3 Å². The van der Waals surface area contributed by atoms with Gasteiger partial charge >= 0.3 is 5.97 Å². The number of hydrogen-bond donors (Lipinski definition) is 4. The monoisotopic (exact) mass is 446 g/mol. The SMILES string of the molecule is CC(c1cccc2ccccc12)C(CS)C(=O)N[C@@H](Cc1c[nH]c2ccccc12)C(=O)O. The molecular formula is C26H26N2O3S. The molecule has 6 heteroatoms. The van der Waals surface area contributed by atoms with Gasteiger partial charge in [0.2, 0.25) is 5.91 Å². The van der Waals surface area contributed by atoms with Crippen LogP contribution in [0.5, 0.6) is 0 Å². The van der Waals surface area contributed by atoms with Crippen LogP contribution in [0.1, 0.15) is 24.0 Å². The maximum atomic E-state index is 13.2. The van der Waals surface area contributed by atoms with E-state index in [9.17, 15) is 14.7 Å². The number of carboxylic acid groups (broad SMARTS) is 1. The average molecular weight is 447 g/mol. The Morgan fingerprint density at radius 1 is 1.00 bits per heavy atom. The van der Waals surface area contributed by atoms with Crippen LogP contribution in [0.15, 0.2) is 72.9 Å². The molecule has 4 rings (SSSR count). The highest BCUT2D eigenvalue weighted by atomic mass is 32.1. The Morgan fingerprint density at radius 3 is 2.44 bits per heavy atom. The summed E-state index contributed by atoms with van der Waals surface area (Å²) in [6.07, 6.45) is 2.01. The topological polar surface area (TPSA) is 82.2 Å². The number of carbonyl (C=O) groups is 2. The van der Waals surface area contributed by atoms with Crippen molar-refractivity contribution >= 4 is 46.2 Å². The van der Waals surface area contributed by atoms with E-state index in [-0.39, 0.29) is 18.2 Å². The predicted molar refractivity (Wildman–Crippen MR) is 131 cm³/mol. The molecule has 2 unspecified atom stereocenters. The molecule has 0 saturated heterocycles. The van der Waals surface area contributed by atoms with E-state index in [1.807, 2.05) is 79.9 Å². The van der Waals surface area contributed by atoms with Crippen LogP contribution in [0.4, 0.5) is 0 Å². The van der Waals surface area contributed by atoms with Crippen molar-refractivity contribution in [2.45, 2.75) is 25.3 Å². The van der Waals surface area contributed by atoms with Crippen molar-refractivity contribution in [2.24, 2.45) is 5.92 Å². The molecule has 0 radical (unpaired) electrons. The van der Waals surface area contributed by atoms with E-state index in [0.717, 1.165) is 32.8 Å². The summed E-state index contributed by atoms with van der Waals surface area (Å²) in [4.78, 5) is 28.3. The summed E-state index contributed by atoms with van der Waals surface area (Å²) in [6.45, 7) is 2.00. The summed E-state index contributed by atoms with van der Waals surface area (Å²) in [7, 11) is 0. The van der Waals surface area contributed by atoms with Crippen molar-refractivity contribution in [3.8, 4) is 0 Å². The molecule has 1 aromatic heterocycles. The standard InChI is InChI=1S/C26H26N2O3S/c1-16(19-11-6-8-17-7-2-3-9-20(17)19)22(15-32)25(29)28-24(26(30)31)13-18-14-27-23-12-5-4-10-21(18)23/h2-12,14,16,22,24,27,32H,13,15H2,1H3,(H,28,29)(H,30,31)/t16?,22?,24-/m0/s1. The molecule has 32 heavy (non-hydrogen) atoms. The van der Waals surface area contributed by atoms with E-state index in [1.165, 1.54) is 0 Å². The number of amides is 1. The predicted octanol–water partition coefficient (Wildman–Crippen LogP) is 4.78. The van der Waals surface area contributed by atoms with E-state index in [4.69, 9.17) is 0 Å². The fourth-order valence-corrected chi connectivity index (χ4v) is 4.81. The molecule has 5 nitrogen and oxygen atoms in total. The third kappa shape index (κ3) is 4.36. The molecule has 0 aliphatic carbocycles. The first-order valence-corrected chi connectivity index (χ1v) is 11.3. The van der Waals surface area contributed by atoms with Crippen molar-refractivity contribution in [2.75, 3.05) is 5.75 Å². The molecule has 0 saturated carbocycles. The van der Waals surface area contributed by atoms with Gasteiger partial charge in [0, 0.05) is 29.3 Å². The number of aromatic amines is 1. The second-order valence-corrected chi connectivity index (χ2v) is 8.47. The van der Waals surface area contributed by atoms with Crippen LogP contribution in [0.3, 0.4) is 0 Å². The number of carboxylic acids is 1. The Balaban J connectivity index is 1.56. The lowest BCUT2D eigenvalue weighted by molar-refractivity contribution is -0.142. The Kier molecular flexibility index (Phi) is 6.51. The lowest BCUT2D eigenvalue weighted by Crippen LogP contribution is -2.46. The summed E-state index contributed by atoms with van der Waals surface area (Å²) in [5.74, 6) is -1.63. The zero-order chi connectivity index (χ0) is 22.7. The first-order valence-electron chi connectivity index (χ1n) is 10.7. The van der Waals surface area contributed by atoms with Gasteiger partial charge in [0.25, 0.3) is 0 Å². The lowest BCUT2D eigenvalue weighted by Gasteiger charge is -2.25. The van der Waals surface area contributed by atoms with Gasteiger partial charge in [0.15, 0.2) is 0 Å². The molecule has 4 aromatic rings. The highest BCUT2D eigenvalue weighted by Crippen LogP contribution is 2.31. The number of rotatable bonds is 8. The minimum atomic E-state index is -1.06. The number of para-hydroxylation sites is 1. The van der Waals surface area contributed by atoms with Gasteiger partial charge in [-0.1, -0.05) is 67.6 Å². The number of H-pyrrole nitrogens is 1. The third-order valence-electron chi connectivity index (χ3n) is 6.16. The molecule has 1 amide bonds. The Morgan fingerprint density at radius 2 is 1.69 bits per heavy atom. The zero-order valence-corrected chi connectivity index (χ0v) is 18.7. The number of nitrogens with one attached hydrogen (secondary N) is 2. The molecule has 3 aromatic carbocycles. The van der Waals surface area contributed by atoms with Crippen molar-refractivity contribution < 1.29 is 14.7 Å². The lowest BCUT2D eigenvalue weighted by atomic mass is 9.85. The number of thiol groups is 1. The van der Waals surface area contributed by atoms with Crippen molar-refractivity contribution in [3.63, 3.8) is 0 Å². The van der Waals surface area contributed by atoms with Gasteiger partial charge in [-0.2, -0.15) is 12.6 Å². The van der Waals surface area contributed by atoms with Gasteiger partial charge in [-0.15, -0.1) is 0 Å². The molecule has 0 spiro atoms. The van der Waals surface area contributed by atoms with E-state index >= 15 is 0 Å². The van der Waals surface area contributed by atoms with Crippen molar-refractivity contribution in [3.05, 3.63) is 84.1 Å². The zero-order valence-electron chi connectivity index (χ0n) is 17.8. The molecule has 3 atom stereocenters. The molecule has 0 aliphatic rings. The van der Waals surface area contributed by atoms with Crippen LogP contribution in [-0.2, 0) is 16.0 Å². The van der Waals surface area contributed by atoms with Gasteiger partial charge < -0.3 is 15.4 Å². The maximum Gasteiger partial charge on any atom is 0.326 e. The van der Waals surface area contributed by atoms with Crippen LogP contribution in [0.25, 0.3) is 21.7 Å². The Hall–Kier alpha value is -3.25. The second-order valence-electron chi connectivity index (χ2n) is 8.11. The normalized spacial score (nSPS) is 14.2. The fraction of sp³-hybridized carbons (Fsp3) is 0.231. The molecule has 3 N–H and O–H groups in total. The van der Waals surface area contributed by atoms with Gasteiger partial charge in [-0.05, 0) is 33.9 Å². The van der Waals surface area contributed by atoms with E-state index in [1.54, 1.807) is 0 Å². The van der Waals surface area contributed by atoms with Gasteiger partial charge in [0.1, 0.15) is 6.04 Å². The minimum Gasteiger partial charge on any atom is -0.480 e. The number of aliphatic carboxylic acids is 1. The molecule has 1 heterocycles. The summed E-state index contributed by atoms with van der Waals surface area (Å²) in [5, 5.41) is 15.7. The number of carbonyl (C=O) groups excluding carboxylic acids is 1. The van der Waals surface area contributed by atoms with Gasteiger partial charge in [0.05, 0.1) is 5.92 Å². The van der Waals surface area contributed by atoms with E-state index in [2.05, 4.69) is 22.9 Å². The molecule has 0 aliphatic heterocycles. The number of benzene rings is 3. The largest absolute Gasteiger partial charge is 0.480 e. The smallest absolute Gasteiger partial charge is 0.326 e. The van der Waals surface area contributed by atoms with Crippen LogP contribution in [-0.4, -0.2) is 33.8 Å². The first kappa shape index (κ1) is 22.0. The third-order valence-corrected chi connectivity index (χ3v) is 6.56. The Labute approximate surface area is 192 Å².